The Labute approximate surface area is 215 Å². The highest BCUT2D eigenvalue weighted by Crippen LogP contribution is 2.23. The predicted octanol–water partition coefficient (Wildman–Crippen LogP) is 5.01. The summed E-state index contributed by atoms with van der Waals surface area (Å²) in [6, 6.07) is 14.3. The minimum Gasteiger partial charge on any atom is -0.388 e. The van der Waals surface area contributed by atoms with Crippen molar-refractivity contribution in [2.24, 2.45) is 5.73 Å². The highest BCUT2D eigenvalue weighted by atomic mass is 19.1. The Morgan fingerprint density at radius 2 is 1.59 bits per heavy atom. The summed E-state index contributed by atoms with van der Waals surface area (Å²) < 4.78 is 24.5. The molecule has 2 amide bonds. The molecule has 0 bridgehead atoms. The summed E-state index contributed by atoms with van der Waals surface area (Å²) in [5, 5.41) is 5.17. The van der Waals surface area contributed by atoms with Crippen LogP contribution in [0.2, 0.25) is 0 Å². The van der Waals surface area contributed by atoms with Crippen molar-refractivity contribution in [2.75, 3.05) is 10.6 Å². The number of halogens is 1. The fourth-order valence-electron chi connectivity index (χ4n) is 3.75. The summed E-state index contributed by atoms with van der Waals surface area (Å²) in [7, 11) is 0. The first-order chi connectivity index (χ1) is 17.5. The molecule has 0 radical (unpaired) electrons. The maximum Gasteiger partial charge on any atom is 0.347 e. The lowest BCUT2D eigenvalue weighted by molar-refractivity contribution is -0.143. The molecule has 0 saturated carbocycles. The van der Waals surface area contributed by atoms with Gasteiger partial charge in [-0.2, -0.15) is 0 Å². The number of ether oxygens (including phenoxy) is 2. The fourth-order valence-corrected chi connectivity index (χ4v) is 3.75. The van der Waals surface area contributed by atoms with Crippen molar-refractivity contribution in [3.63, 3.8) is 0 Å². The van der Waals surface area contributed by atoms with Gasteiger partial charge >= 0.3 is 18.0 Å². The summed E-state index contributed by atoms with van der Waals surface area (Å²) in [6.07, 6.45) is -0.752. The van der Waals surface area contributed by atoms with E-state index >= 15 is 0 Å². The van der Waals surface area contributed by atoms with Gasteiger partial charge in [-0.15, -0.1) is 0 Å². The van der Waals surface area contributed by atoms with Gasteiger partial charge in [-0.05, 0) is 62.6 Å². The van der Waals surface area contributed by atoms with Crippen molar-refractivity contribution >= 4 is 29.3 Å². The fraction of sp³-hybridized carbons (Fsp3) is 0.250. The van der Waals surface area contributed by atoms with Gasteiger partial charge in [0.05, 0.1) is 24.0 Å². The van der Waals surface area contributed by atoms with Crippen LogP contribution in [0.5, 0.6) is 0 Å². The molecule has 3 aromatic rings. The Bertz CT molecular complexity index is 1270. The van der Waals surface area contributed by atoms with Gasteiger partial charge in [-0.1, -0.05) is 48.0 Å². The van der Waals surface area contributed by atoms with Gasteiger partial charge < -0.3 is 25.8 Å². The van der Waals surface area contributed by atoms with Crippen LogP contribution in [-0.2, 0) is 20.9 Å². The molecule has 0 heterocycles. The van der Waals surface area contributed by atoms with E-state index in [4.69, 9.17) is 15.2 Å². The normalized spacial score (nSPS) is 12.4. The zero-order valence-electron chi connectivity index (χ0n) is 21.1. The van der Waals surface area contributed by atoms with Gasteiger partial charge in [-0.25, -0.2) is 18.8 Å². The van der Waals surface area contributed by atoms with Crippen molar-refractivity contribution in [1.82, 2.24) is 0 Å². The van der Waals surface area contributed by atoms with Crippen molar-refractivity contribution in [3.05, 3.63) is 94.3 Å². The molecule has 0 aliphatic carbocycles. The predicted molar refractivity (Wildman–Crippen MR) is 139 cm³/mol. The summed E-state index contributed by atoms with van der Waals surface area (Å²) >= 11 is 0. The molecule has 37 heavy (non-hydrogen) atoms. The third-order valence-corrected chi connectivity index (χ3v) is 5.69. The van der Waals surface area contributed by atoms with Gasteiger partial charge in [0.25, 0.3) is 0 Å². The van der Waals surface area contributed by atoms with Crippen LogP contribution in [0.3, 0.4) is 0 Å². The number of esters is 2. The SMILES string of the molecule is Cc1cc(C)c(NC(=O)Nc2cc(F)ccc2C(=O)OC(=O)[C@@H](N)[C@@H](C)OCc2ccccc2)c(C)c1. The van der Waals surface area contributed by atoms with Gasteiger partial charge in [0.15, 0.2) is 0 Å². The van der Waals surface area contributed by atoms with Crippen LogP contribution >= 0.6 is 0 Å². The molecule has 2 atom stereocenters. The summed E-state index contributed by atoms with van der Waals surface area (Å²) in [5.74, 6) is -2.80. The number of carbonyl (C=O) groups is 3. The smallest absolute Gasteiger partial charge is 0.347 e. The van der Waals surface area contributed by atoms with Crippen molar-refractivity contribution < 1.29 is 28.2 Å². The Kier molecular flexibility index (Phi) is 9.10. The molecule has 0 unspecified atom stereocenters. The van der Waals surface area contributed by atoms with Crippen molar-refractivity contribution in [1.29, 1.82) is 0 Å². The van der Waals surface area contributed by atoms with E-state index in [1.165, 1.54) is 0 Å². The number of hydrogen-bond acceptors (Lipinski definition) is 6. The minimum absolute atomic E-state index is 0.167. The number of amides is 2. The lowest BCUT2D eigenvalue weighted by atomic mass is 10.1. The third kappa shape index (κ3) is 7.45. The van der Waals surface area contributed by atoms with E-state index in [-0.39, 0.29) is 17.9 Å². The quantitative estimate of drug-likeness (QED) is 0.291. The minimum atomic E-state index is -1.25. The molecule has 0 fully saturated rings. The molecule has 0 spiro atoms. The summed E-state index contributed by atoms with van der Waals surface area (Å²) in [5.41, 5.74) is 9.75. The first-order valence-electron chi connectivity index (χ1n) is 11.7. The lowest BCUT2D eigenvalue weighted by Crippen LogP contribution is -2.43. The number of aryl methyl sites for hydroxylation is 3. The van der Waals surface area contributed by atoms with Gasteiger partial charge in [0.2, 0.25) is 0 Å². The van der Waals surface area contributed by atoms with Crippen LogP contribution in [0.1, 0.15) is 39.5 Å². The molecule has 0 aliphatic rings. The van der Waals surface area contributed by atoms with Crippen molar-refractivity contribution in [3.8, 4) is 0 Å². The molecular weight excluding hydrogens is 477 g/mol. The molecule has 4 N–H and O–H groups in total. The molecule has 9 heteroatoms. The molecule has 194 valence electrons. The number of urea groups is 1. The van der Waals surface area contributed by atoms with Crippen LogP contribution in [0.4, 0.5) is 20.6 Å². The number of rotatable bonds is 8. The van der Waals surface area contributed by atoms with E-state index < -0.39 is 35.9 Å². The van der Waals surface area contributed by atoms with Gasteiger partial charge in [0.1, 0.15) is 11.9 Å². The maximum absolute atomic E-state index is 14.0. The molecule has 0 aliphatic heterocycles. The lowest BCUT2D eigenvalue weighted by Gasteiger charge is -2.19. The number of nitrogens with one attached hydrogen (secondary N) is 2. The third-order valence-electron chi connectivity index (χ3n) is 5.69. The first-order valence-corrected chi connectivity index (χ1v) is 11.7. The second-order valence-corrected chi connectivity index (χ2v) is 8.78. The molecule has 3 rings (SSSR count). The van der Waals surface area contributed by atoms with Gasteiger partial charge in [-0.3, -0.25) is 0 Å². The number of benzene rings is 3. The van der Waals surface area contributed by atoms with E-state index in [0.717, 1.165) is 40.5 Å². The van der Waals surface area contributed by atoms with Crippen LogP contribution in [0, 0.1) is 26.6 Å². The van der Waals surface area contributed by atoms with Crippen molar-refractivity contribution in [2.45, 2.75) is 46.4 Å². The summed E-state index contributed by atoms with van der Waals surface area (Å²) in [6.45, 7) is 7.44. The number of hydrogen-bond donors (Lipinski definition) is 3. The Morgan fingerprint density at radius 3 is 2.24 bits per heavy atom. The van der Waals surface area contributed by atoms with E-state index in [1.54, 1.807) is 6.92 Å². The maximum atomic E-state index is 14.0. The number of anilines is 2. The highest BCUT2D eigenvalue weighted by molar-refractivity contribution is 6.07. The molecular formula is C28H30FN3O5. The second-order valence-electron chi connectivity index (χ2n) is 8.78. The van der Waals surface area contributed by atoms with E-state index in [9.17, 15) is 18.8 Å². The topological polar surface area (TPSA) is 120 Å². The zero-order chi connectivity index (χ0) is 27.1. The Hall–Kier alpha value is -4.08. The zero-order valence-corrected chi connectivity index (χ0v) is 21.1. The first kappa shape index (κ1) is 27.5. The molecule has 0 aromatic heterocycles. The molecule has 3 aromatic carbocycles. The van der Waals surface area contributed by atoms with Crippen LogP contribution < -0.4 is 16.4 Å². The Morgan fingerprint density at radius 1 is 0.946 bits per heavy atom. The summed E-state index contributed by atoms with van der Waals surface area (Å²) in [4.78, 5) is 37.9. The monoisotopic (exact) mass is 507 g/mol. The average Bonchev–Trinajstić information content (AvgIpc) is 2.84. The number of carbonyl (C=O) groups excluding carboxylic acids is 3. The van der Waals surface area contributed by atoms with E-state index in [1.807, 2.05) is 63.2 Å². The van der Waals surface area contributed by atoms with Crippen LogP contribution in [0.15, 0.2) is 60.7 Å². The number of nitrogens with two attached hydrogens (primary N) is 1. The van der Waals surface area contributed by atoms with E-state index in [0.29, 0.717) is 5.69 Å². The molecule has 8 nitrogen and oxygen atoms in total. The Balaban J connectivity index is 1.66. The highest BCUT2D eigenvalue weighted by Gasteiger charge is 2.27. The average molecular weight is 508 g/mol. The van der Waals surface area contributed by atoms with Crippen LogP contribution in [0.25, 0.3) is 0 Å². The van der Waals surface area contributed by atoms with Gasteiger partial charge in [0, 0.05) is 5.69 Å². The molecule has 0 saturated heterocycles. The second kappa shape index (κ2) is 12.2. The largest absolute Gasteiger partial charge is 0.388 e. The van der Waals surface area contributed by atoms with Crippen LogP contribution in [-0.4, -0.2) is 30.1 Å². The van der Waals surface area contributed by atoms with E-state index in [2.05, 4.69) is 10.6 Å². The standard InChI is InChI=1S/C28H30FN3O5/c1-16-12-17(2)25(18(3)13-16)32-28(35)31-23-14-21(29)10-11-22(23)26(33)37-27(34)24(30)19(4)36-15-20-8-6-5-7-9-20/h5-14,19,24H,15,30H2,1-4H3,(H2,31,32,35)/t19-,24+/m1/s1.